The summed E-state index contributed by atoms with van der Waals surface area (Å²) in [6, 6.07) is 0. The number of ether oxygens (including phenoxy) is 4. The summed E-state index contributed by atoms with van der Waals surface area (Å²) in [4.78, 5) is 11.7. The fourth-order valence-electron chi connectivity index (χ4n) is 1.64. The number of rotatable bonds is 13. The number of methoxy groups -OCH3 is 1. The molecule has 0 amide bonds. The number of esters is 1. The quantitative estimate of drug-likeness (QED) is 0.400. The summed E-state index contributed by atoms with van der Waals surface area (Å²) in [5, 5.41) is 0. The molecule has 6 heteroatoms. The molecule has 0 aromatic rings. The van der Waals surface area contributed by atoms with Gasteiger partial charge in [0.25, 0.3) is 0 Å². The van der Waals surface area contributed by atoms with Gasteiger partial charge in [-0.05, 0) is 12.3 Å². The maximum Gasteiger partial charge on any atom is 0.310 e. The van der Waals surface area contributed by atoms with Crippen LogP contribution in [0.2, 0.25) is 0 Å². The maximum atomic E-state index is 11.7. The van der Waals surface area contributed by atoms with E-state index in [2.05, 4.69) is 13.8 Å². The van der Waals surface area contributed by atoms with Crippen LogP contribution in [0.5, 0.6) is 0 Å². The summed E-state index contributed by atoms with van der Waals surface area (Å²) >= 11 is 0. The van der Waals surface area contributed by atoms with Gasteiger partial charge in [0.15, 0.2) is 0 Å². The van der Waals surface area contributed by atoms with Gasteiger partial charge in [-0.25, -0.2) is 0 Å². The van der Waals surface area contributed by atoms with E-state index in [4.69, 9.17) is 24.7 Å². The number of hydrogen-bond donors (Lipinski definition) is 1. The molecule has 2 N–H and O–H groups in total. The van der Waals surface area contributed by atoms with E-state index in [1.165, 1.54) is 0 Å². The SMILES string of the molecule is COCCOCCOCCOC(=O)C(CN)CC(C)C. The molecule has 0 rings (SSSR count). The molecule has 0 radical (unpaired) electrons. The maximum absolute atomic E-state index is 11.7. The lowest BCUT2D eigenvalue weighted by molar-refractivity contribution is -0.150. The first-order valence-electron chi connectivity index (χ1n) is 7.12. The van der Waals surface area contributed by atoms with Gasteiger partial charge in [0.05, 0.1) is 39.0 Å². The number of carbonyl (C=O) groups excluding carboxylic acids is 1. The number of carbonyl (C=O) groups is 1. The molecule has 0 bridgehead atoms. The van der Waals surface area contributed by atoms with Crippen LogP contribution in [0, 0.1) is 11.8 Å². The monoisotopic (exact) mass is 291 g/mol. The minimum atomic E-state index is -0.235. The standard InChI is InChI=1S/C14H29NO5/c1-12(2)10-13(11-15)14(16)20-9-8-19-7-6-18-5-4-17-3/h12-13H,4-11,15H2,1-3H3. The highest BCUT2D eigenvalue weighted by molar-refractivity contribution is 5.72. The van der Waals surface area contributed by atoms with Crippen molar-refractivity contribution in [3.63, 3.8) is 0 Å². The van der Waals surface area contributed by atoms with Crippen LogP contribution in [-0.2, 0) is 23.7 Å². The van der Waals surface area contributed by atoms with Crippen LogP contribution in [-0.4, -0.2) is 59.3 Å². The van der Waals surface area contributed by atoms with Crippen LogP contribution in [0.1, 0.15) is 20.3 Å². The second-order valence-electron chi connectivity index (χ2n) is 4.95. The fraction of sp³-hybridized carbons (Fsp3) is 0.929. The van der Waals surface area contributed by atoms with Gasteiger partial charge in [0.2, 0.25) is 0 Å². The third-order valence-electron chi connectivity index (χ3n) is 2.65. The lowest BCUT2D eigenvalue weighted by Crippen LogP contribution is -2.28. The first-order valence-corrected chi connectivity index (χ1v) is 7.12. The molecule has 0 aromatic carbocycles. The highest BCUT2D eigenvalue weighted by Gasteiger charge is 2.19. The van der Waals surface area contributed by atoms with E-state index in [9.17, 15) is 4.79 Å². The molecule has 0 aromatic heterocycles. The Labute approximate surface area is 121 Å². The summed E-state index contributed by atoms with van der Waals surface area (Å²) in [7, 11) is 1.63. The summed E-state index contributed by atoms with van der Waals surface area (Å²) in [5.41, 5.74) is 5.57. The van der Waals surface area contributed by atoms with Crippen LogP contribution in [0.15, 0.2) is 0 Å². The van der Waals surface area contributed by atoms with Crippen molar-refractivity contribution < 1.29 is 23.7 Å². The first-order chi connectivity index (χ1) is 9.61. The van der Waals surface area contributed by atoms with Crippen LogP contribution >= 0.6 is 0 Å². The zero-order valence-electron chi connectivity index (χ0n) is 12.9. The minimum absolute atomic E-state index is 0.215. The zero-order valence-corrected chi connectivity index (χ0v) is 12.9. The molecule has 0 aliphatic heterocycles. The van der Waals surface area contributed by atoms with E-state index >= 15 is 0 Å². The van der Waals surface area contributed by atoms with Crippen molar-refractivity contribution in [2.24, 2.45) is 17.6 Å². The fourth-order valence-corrected chi connectivity index (χ4v) is 1.64. The van der Waals surface area contributed by atoms with Gasteiger partial charge in [-0.1, -0.05) is 13.8 Å². The average Bonchev–Trinajstić information content (AvgIpc) is 2.42. The van der Waals surface area contributed by atoms with Crippen LogP contribution in [0.25, 0.3) is 0 Å². The Morgan fingerprint density at radius 1 is 1.00 bits per heavy atom. The van der Waals surface area contributed by atoms with Gasteiger partial charge in [-0.15, -0.1) is 0 Å². The van der Waals surface area contributed by atoms with Crippen LogP contribution < -0.4 is 5.73 Å². The highest BCUT2D eigenvalue weighted by atomic mass is 16.6. The molecule has 0 aliphatic carbocycles. The molecule has 1 unspecified atom stereocenters. The molecule has 0 spiro atoms. The molecule has 6 nitrogen and oxygen atoms in total. The lowest BCUT2D eigenvalue weighted by atomic mass is 9.97. The van der Waals surface area contributed by atoms with Crippen molar-refractivity contribution in [1.29, 1.82) is 0 Å². The molecular weight excluding hydrogens is 262 g/mol. The Morgan fingerprint density at radius 2 is 1.55 bits per heavy atom. The van der Waals surface area contributed by atoms with E-state index < -0.39 is 0 Å². The second-order valence-corrected chi connectivity index (χ2v) is 4.95. The molecule has 0 saturated heterocycles. The Balaban J connectivity index is 3.46. The van der Waals surface area contributed by atoms with Crippen LogP contribution in [0.3, 0.4) is 0 Å². The van der Waals surface area contributed by atoms with Crippen molar-refractivity contribution in [3.05, 3.63) is 0 Å². The van der Waals surface area contributed by atoms with E-state index in [1.54, 1.807) is 7.11 Å². The summed E-state index contributed by atoms with van der Waals surface area (Å²) in [6.45, 7) is 7.19. The molecule has 0 saturated carbocycles. The topological polar surface area (TPSA) is 80.0 Å². The third-order valence-corrected chi connectivity index (χ3v) is 2.65. The molecule has 0 aliphatic rings. The van der Waals surface area contributed by atoms with Gasteiger partial charge in [-0.3, -0.25) is 4.79 Å². The second kappa shape index (κ2) is 13.3. The zero-order chi connectivity index (χ0) is 15.2. The predicted molar refractivity (Wildman–Crippen MR) is 76.5 cm³/mol. The Morgan fingerprint density at radius 3 is 2.05 bits per heavy atom. The summed E-state index contributed by atoms with van der Waals surface area (Å²) < 4.78 is 20.5. The van der Waals surface area contributed by atoms with Crippen molar-refractivity contribution in [3.8, 4) is 0 Å². The van der Waals surface area contributed by atoms with Gasteiger partial charge in [0, 0.05) is 13.7 Å². The van der Waals surface area contributed by atoms with Gasteiger partial charge in [-0.2, -0.15) is 0 Å². The molecule has 1 atom stereocenters. The molecule has 20 heavy (non-hydrogen) atoms. The molecule has 0 heterocycles. The largest absolute Gasteiger partial charge is 0.463 e. The van der Waals surface area contributed by atoms with E-state index in [0.29, 0.717) is 45.5 Å². The smallest absolute Gasteiger partial charge is 0.310 e. The van der Waals surface area contributed by atoms with Crippen molar-refractivity contribution in [2.75, 3.05) is 53.3 Å². The molecule has 120 valence electrons. The van der Waals surface area contributed by atoms with Gasteiger partial charge in [0.1, 0.15) is 6.61 Å². The van der Waals surface area contributed by atoms with E-state index in [-0.39, 0.29) is 18.5 Å². The Hall–Kier alpha value is -0.690. The lowest BCUT2D eigenvalue weighted by Gasteiger charge is -2.15. The summed E-state index contributed by atoms with van der Waals surface area (Å²) in [6.07, 6.45) is 0.754. The normalized spacial score (nSPS) is 12.7. The molecular formula is C14H29NO5. The Bertz CT molecular complexity index is 236. The minimum Gasteiger partial charge on any atom is -0.463 e. The van der Waals surface area contributed by atoms with Crippen molar-refractivity contribution >= 4 is 5.97 Å². The third kappa shape index (κ3) is 11.2. The Kier molecular flexibility index (Phi) is 12.8. The van der Waals surface area contributed by atoms with E-state index in [1.807, 2.05) is 0 Å². The summed E-state index contributed by atoms with van der Waals surface area (Å²) in [5.74, 6) is -0.0230. The van der Waals surface area contributed by atoms with Crippen molar-refractivity contribution in [1.82, 2.24) is 0 Å². The van der Waals surface area contributed by atoms with Gasteiger partial charge < -0.3 is 24.7 Å². The predicted octanol–water partition coefficient (Wildman–Crippen LogP) is 0.830. The van der Waals surface area contributed by atoms with Crippen molar-refractivity contribution in [2.45, 2.75) is 20.3 Å². The first kappa shape index (κ1) is 19.3. The highest BCUT2D eigenvalue weighted by Crippen LogP contribution is 2.11. The average molecular weight is 291 g/mol. The van der Waals surface area contributed by atoms with E-state index in [0.717, 1.165) is 6.42 Å². The van der Waals surface area contributed by atoms with Crippen LogP contribution in [0.4, 0.5) is 0 Å². The van der Waals surface area contributed by atoms with Gasteiger partial charge >= 0.3 is 5.97 Å². The molecule has 0 fully saturated rings. The number of hydrogen-bond acceptors (Lipinski definition) is 6. The number of nitrogens with two attached hydrogens (primary N) is 1.